The fraction of sp³-hybridized carbons (Fsp3) is 0.400. The summed E-state index contributed by atoms with van der Waals surface area (Å²) < 4.78 is 51.6. The second kappa shape index (κ2) is 9.97. The van der Waals surface area contributed by atoms with Gasteiger partial charge in [0.05, 0.1) is 36.2 Å². The van der Waals surface area contributed by atoms with Gasteiger partial charge in [0.15, 0.2) is 17.3 Å². The van der Waals surface area contributed by atoms with Crippen molar-refractivity contribution in [2.75, 3.05) is 12.4 Å². The molecule has 0 radical (unpaired) electrons. The summed E-state index contributed by atoms with van der Waals surface area (Å²) in [5.41, 5.74) is 0.507. The number of carbonyl (C=O) groups excluding carboxylic acids is 1. The quantitative estimate of drug-likeness (QED) is 0.442. The third-order valence-electron chi connectivity index (χ3n) is 5.91. The van der Waals surface area contributed by atoms with Gasteiger partial charge in [-0.3, -0.25) is 4.79 Å². The van der Waals surface area contributed by atoms with E-state index in [9.17, 15) is 18.0 Å². The van der Waals surface area contributed by atoms with E-state index in [4.69, 9.17) is 9.47 Å². The molecule has 1 aliphatic carbocycles. The van der Waals surface area contributed by atoms with Crippen molar-refractivity contribution in [1.29, 1.82) is 0 Å². The fourth-order valence-corrected chi connectivity index (χ4v) is 4.18. The number of anilines is 1. The number of halogens is 3. The molecular formula is C25H27F3N4O3. The molecule has 1 N–H and O–H groups in total. The number of ether oxygens (including phenoxy) is 2. The van der Waals surface area contributed by atoms with Crippen molar-refractivity contribution in [1.82, 2.24) is 14.8 Å². The molecule has 3 aromatic rings. The molecule has 10 heteroatoms. The summed E-state index contributed by atoms with van der Waals surface area (Å²) in [5, 5.41) is 7.11. The second-order valence-electron chi connectivity index (χ2n) is 8.76. The molecule has 7 nitrogen and oxygen atoms in total. The monoisotopic (exact) mass is 488 g/mol. The molecular weight excluding hydrogens is 461 g/mol. The van der Waals surface area contributed by atoms with Crippen molar-refractivity contribution in [2.45, 2.75) is 57.7 Å². The van der Waals surface area contributed by atoms with Gasteiger partial charge in [0.2, 0.25) is 0 Å². The van der Waals surface area contributed by atoms with Crippen LogP contribution in [0.2, 0.25) is 0 Å². The number of hydrogen-bond acceptors (Lipinski definition) is 5. The first-order valence-corrected chi connectivity index (χ1v) is 11.4. The average Bonchev–Trinajstić information content (AvgIpc) is 3.49. The van der Waals surface area contributed by atoms with Crippen LogP contribution >= 0.6 is 0 Å². The Kier molecular flexibility index (Phi) is 7.00. The number of aromatic nitrogens is 3. The lowest BCUT2D eigenvalue weighted by atomic mass is 10.1. The molecule has 0 unspecified atom stereocenters. The zero-order chi connectivity index (χ0) is 25.2. The zero-order valence-corrected chi connectivity index (χ0v) is 19.7. The third kappa shape index (κ3) is 5.41. The van der Waals surface area contributed by atoms with Gasteiger partial charge in [0.25, 0.3) is 5.91 Å². The first-order chi connectivity index (χ1) is 16.7. The number of hydrogen-bond donors (Lipinski definition) is 1. The van der Waals surface area contributed by atoms with Gasteiger partial charge in [-0.2, -0.15) is 18.3 Å². The van der Waals surface area contributed by atoms with E-state index in [2.05, 4.69) is 15.4 Å². The van der Waals surface area contributed by atoms with Gasteiger partial charge in [-0.05, 0) is 55.9 Å². The van der Waals surface area contributed by atoms with Crippen LogP contribution in [0.25, 0.3) is 5.82 Å². The molecule has 2 aromatic heterocycles. The Morgan fingerprint density at radius 1 is 1.11 bits per heavy atom. The fourth-order valence-electron chi connectivity index (χ4n) is 4.18. The van der Waals surface area contributed by atoms with Gasteiger partial charge >= 0.3 is 6.18 Å². The molecule has 0 aliphatic heterocycles. The van der Waals surface area contributed by atoms with Gasteiger partial charge in [-0.1, -0.05) is 13.8 Å². The predicted octanol–water partition coefficient (Wildman–Crippen LogP) is 5.99. The lowest BCUT2D eigenvalue weighted by Crippen LogP contribution is -2.16. The Hall–Kier alpha value is -3.56. The zero-order valence-electron chi connectivity index (χ0n) is 19.7. The van der Waals surface area contributed by atoms with Crippen LogP contribution in [-0.2, 0) is 6.18 Å². The molecule has 186 valence electrons. The summed E-state index contributed by atoms with van der Waals surface area (Å²) in [7, 11) is 1.56. The SMILES string of the molecule is COc1ccc(NC(=O)c2cnn(-c3ccc(C(F)(F)F)cn3)c2C(C)C)cc1OC1CCCC1. The average molecular weight is 489 g/mol. The molecule has 1 saturated carbocycles. The molecule has 35 heavy (non-hydrogen) atoms. The van der Waals surface area contributed by atoms with Crippen LogP contribution in [0.3, 0.4) is 0 Å². The molecule has 0 saturated heterocycles. The number of amides is 1. The number of benzene rings is 1. The molecule has 4 rings (SSSR count). The summed E-state index contributed by atoms with van der Waals surface area (Å²) in [4.78, 5) is 17.1. The maximum Gasteiger partial charge on any atom is 0.417 e. The first kappa shape index (κ1) is 24.6. The molecule has 1 amide bonds. The standard InChI is InChI=1S/C25H27F3N4O3/c1-15(2)23-19(14-30-32(23)22-11-8-16(13-29-22)25(26,27)28)24(33)31-17-9-10-20(34-3)21(12-17)35-18-6-4-5-7-18/h8-15,18H,4-7H2,1-3H3,(H,31,33). The maximum atomic E-state index is 13.2. The van der Waals surface area contributed by atoms with E-state index < -0.39 is 17.6 Å². The number of pyridine rings is 1. The van der Waals surface area contributed by atoms with Crippen LogP contribution in [0, 0.1) is 0 Å². The molecule has 0 bridgehead atoms. The highest BCUT2D eigenvalue weighted by molar-refractivity contribution is 6.05. The van der Waals surface area contributed by atoms with Crippen LogP contribution in [0.5, 0.6) is 11.5 Å². The number of rotatable bonds is 7. The summed E-state index contributed by atoms with van der Waals surface area (Å²) in [6.07, 6.45) is 1.99. The summed E-state index contributed by atoms with van der Waals surface area (Å²) in [6.45, 7) is 3.74. The largest absolute Gasteiger partial charge is 0.493 e. The van der Waals surface area contributed by atoms with Gasteiger partial charge in [-0.25, -0.2) is 9.67 Å². The molecule has 1 aromatic carbocycles. The summed E-state index contributed by atoms with van der Waals surface area (Å²) in [6, 6.07) is 7.36. The van der Waals surface area contributed by atoms with Crippen LogP contribution < -0.4 is 14.8 Å². The predicted molar refractivity (Wildman–Crippen MR) is 124 cm³/mol. The normalized spacial score (nSPS) is 14.4. The Bertz CT molecular complexity index is 1180. The van der Waals surface area contributed by atoms with Crippen LogP contribution in [0.1, 0.15) is 67.1 Å². The number of alkyl halides is 3. The molecule has 1 fully saturated rings. The van der Waals surface area contributed by atoms with E-state index in [-0.39, 0.29) is 17.8 Å². The second-order valence-corrected chi connectivity index (χ2v) is 8.76. The van der Waals surface area contributed by atoms with Crippen molar-refractivity contribution < 1.29 is 27.4 Å². The molecule has 1 aliphatic rings. The van der Waals surface area contributed by atoms with E-state index in [1.54, 1.807) is 25.3 Å². The van der Waals surface area contributed by atoms with Gasteiger partial charge < -0.3 is 14.8 Å². The van der Waals surface area contributed by atoms with E-state index in [0.717, 1.165) is 37.9 Å². The Morgan fingerprint density at radius 2 is 1.86 bits per heavy atom. The smallest absolute Gasteiger partial charge is 0.417 e. The van der Waals surface area contributed by atoms with Gasteiger partial charge in [0.1, 0.15) is 0 Å². The summed E-state index contributed by atoms with van der Waals surface area (Å²) in [5.74, 6) is 0.783. The van der Waals surface area contributed by atoms with Crippen molar-refractivity contribution in [3.63, 3.8) is 0 Å². The van der Waals surface area contributed by atoms with Crippen molar-refractivity contribution in [2.24, 2.45) is 0 Å². The summed E-state index contributed by atoms with van der Waals surface area (Å²) >= 11 is 0. The minimum absolute atomic E-state index is 0.122. The molecule has 0 atom stereocenters. The number of nitrogens with zero attached hydrogens (tertiary/aromatic N) is 3. The van der Waals surface area contributed by atoms with Crippen molar-refractivity contribution in [3.8, 4) is 17.3 Å². The van der Waals surface area contributed by atoms with Gasteiger partial charge in [0, 0.05) is 18.0 Å². The Balaban J connectivity index is 1.59. The number of carbonyl (C=O) groups is 1. The van der Waals surface area contributed by atoms with Crippen LogP contribution in [0.4, 0.5) is 18.9 Å². The molecule has 0 spiro atoms. The third-order valence-corrected chi connectivity index (χ3v) is 5.91. The van der Waals surface area contributed by atoms with Crippen LogP contribution in [-0.4, -0.2) is 33.9 Å². The topological polar surface area (TPSA) is 78.3 Å². The van der Waals surface area contributed by atoms with E-state index in [1.165, 1.54) is 16.9 Å². The van der Waals surface area contributed by atoms with E-state index >= 15 is 0 Å². The van der Waals surface area contributed by atoms with E-state index in [0.29, 0.717) is 28.4 Å². The van der Waals surface area contributed by atoms with Gasteiger partial charge in [-0.15, -0.1) is 0 Å². The minimum atomic E-state index is -4.49. The minimum Gasteiger partial charge on any atom is -0.493 e. The first-order valence-electron chi connectivity index (χ1n) is 11.4. The van der Waals surface area contributed by atoms with Crippen molar-refractivity contribution in [3.05, 3.63) is 59.5 Å². The van der Waals surface area contributed by atoms with Crippen molar-refractivity contribution >= 4 is 11.6 Å². The number of methoxy groups -OCH3 is 1. The maximum absolute atomic E-state index is 13.2. The number of nitrogens with one attached hydrogen (secondary N) is 1. The lowest BCUT2D eigenvalue weighted by molar-refractivity contribution is -0.137. The highest BCUT2D eigenvalue weighted by atomic mass is 19.4. The highest BCUT2D eigenvalue weighted by Crippen LogP contribution is 2.34. The Morgan fingerprint density at radius 3 is 2.46 bits per heavy atom. The highest BCUT2D eigenvalue weighted by Gasteiger charge is 2.31. The van der Waals surface area contributed by atoms with E-state index in [1.807, 2.05) is 13.8 Å². The molecule has 2 heterocycles. The lowest BCUT2D eigenvalue weighted by Gasteiger charge is -2.17. The van der Waals surface area contributed by atoms with Crippen LogP contribution in [0.15, 0.2) is 42.7 Å². The Labute approximate surface area is 201 Å².